The van der Waals surface area contributed by atoms with Gasteiger partial charge in [0, 0.05) is 23.1 Å². The number of benzene rings is 2. The fraction of sp³-hybridized carbons (Fsp3) is 0.417. The molecule has 1 spiro atoms. The highest BCUT2D eigenvalue weighted by Gasteiger charge is 2.52. The number of anilines is 1. The van der Waals surface area contributed by atoms with E-state index in [1.807, 2.05) is 24.3 Å². The summed E-state index contributed by atoms with van der Waals surface area (Å²) in [6.07, 6.45) is -4.96. The number of hydrogen-bond acceptors (Lipinski definition) is 3. The largest absolute Gasteiger partial charge is 0.389 e. The Balaban J connectivity index is 1.52. The van der Waals surface area contributed by atoms with Crippen LogP contribution in [-0.4, -0.2) is 42.4 Å². The molecule has 4 rings (SSSR count). The predicted octanol–water partition coefficient (Wildman–Crippen LogP) is 5.24. The summed E-state index contributed by atoms with van der Waals surface area (Å²) < 4.78 is 38.4. The van der Waals surface area contributed by atoms with Crippen molar-refractivity contribution in [3.63, 3.8) is 0 Å². The second-order valence-corrected chi connectivity index (χ2v) is 9.47. The van der Waals surface area contributed by atoms with Crippen molar-refractivity contribution >= 4 is 33.3 Å². The molecule has 2 heterocycles. The van der Waals surface area contributed by atoms with E-state index in [0.717, 1.165) is 29.7 Å². The smallest absolute Gasteiger partial charge is 0.304 e. The molecular weight excluding hydrogens is 485 g/mol. The van der Waals surface area contributed by atoms with E-state index in [2.05, 4.69) is 33.0 Å². The number of amides is 1. The molecule has 8 heteroatoms. The summed E-state index contributed by atoms with van der Waals surface area (Å²) in [5.41, 5.74) is 1.97. The molecule has 0 unspecified atom stereocenters. The van der Waals surface area contributed by atoms with E-state index >= 15 is 0 Å². The van der Waals surface area contributed by atoms with Gasteiger partial charge in [-0.3, -0.25) is 14.5 Å². The Morgan fingerprint density at radius 2 is 1.75 bits per heavy atom. The standard InChI is InChI=1S/C24H24BrF3N2O2/c25-18-6-7-21-20(14-18)23(22(32)30(21)16-19(31)8-9-24(26,27)28)10-12-29(13-11-23)15-17-4-2-1-3-5-17/h1-7,14H,8-13,15-16H2. The van der Waals surface area contributed by atoms with E-state index < -0.39 is 30.2 Å². The highest BCUT2D eigenvalue weighted by molar-refractivity contribution is 9.10. The molecule has 2 aliphatic rings. The maximum absolute atomic E-state index is 13.6. The topological polar surface area (TPSA) is 40.6 Å². The Bertz CT molecular complexity index is 1000. The first-order valence-electron chi connectivity index (χ1n) is 10.6. The lowest BCUT2D eigenvalue weighted by Crippen LogP contribution is -2.49. The lowest BCUT2D eigenvalue weighted by atomic mass is 9.73. The van der Waals surface area contributed by atoms with Gasteiger partial charge in [0.05, 0.1) is 18.4 Å². The first-order chi connectivity index (χ1) is 15.2. The molecule has 1 amide bonds. The fourth-order valence-corrected chi connectivity index (χ4v) is 5.08. The lowest BCUT2D eigenvalue weighted by molar-refractivity contribution is -0.142. The van der Waals surface area contributed by atoms with Crippen LogP contribution in [0.2, 0.25) is 0 Å². The Morgan fingerprint density at radius 3 is 2.41 bits per heavy atom. The number of piperidine rings is 1. The molecule has 0 N–H and O–H groups in total. The second-order valence-electron chi connectivity index (χ2n) is 8.55. The average Bonchev–Trinajstić information content (AvgIpc) is 2.96. The highest BCUT2D eigenvalue weighted by Crippen LogP contribution is 2.49. The van der Waals surface area contributed by atoms with Gasteiger partial charge in [-0.1, -0.05) is 46.3 Å². The third-order valence-corrected chi connectivity index (χ3v) is 6.89. The van der Waals surface area contributed by atoms with Gasteiger partial charge in [0.2, 0.25) is 5.91 Å². The molecule has 0 aliphatic carbocycles. The molecule has 0 bridgehead atoms. The van der Waals surface area contributed by atoms with E-state index in [-0.39, 0.29) is 12.5 Å². The molecule has 1 saturated heterocycles. The van der Waals surface area contributed by atoms with Crippen LogP contribution in [-0.2, 0) is 21.5 Å². The van der Waals surface area contributed by atoms with Crippen LogP contribution in [0.1, 0.15) is 36.8 Å². The number of nitrogens with zero attached hydrogens (tertiary/aromatic N) is 2. The van der Waals surface area contributed by atoms with Crippen LogP contribution in [0.25, 0.3) is 0 Å². The molecule has 0 saturated carbocycles. The van der Waals surface area contributed by atoms with Crippen molar-refractivity contribution in [2.24, 2.45) is 0 Å². The van der Waals surface area contributed by atoms with Crippen molar-refractivity contribution in [3.8, 4) is 0 Å². The van der Waals surface area contributed by atoms with Crippen molar-refractivity contribution in [2.45, 2.75) is 43.8 Å². The zero-order valence-electron chi connectivity index (χ0n) is 17.5. The van der Waals surface area contributed by atoms with Crippen molar-refractivity contribution in [1.82, 2.24) is 4.90 Å². The van der Waals surface area contributed by atoms with Crippen molar-refractivity contribution < 1.29 is 22.8 Å². The molecule has 1 fully saturated rings. The Morgan fingerprint density at radius 1 is 1.06 bits per heavy atom. The number of ketones is 1. The van der Waals surface area contributed by atoms with Gasteiger partial charge in [0.15, 0.2) is 5.78 Å². The van der Waals surface area contributed by atoms with Crippen LogP contribution < -0.4 is 4.90 Å². The summed E-state index contributed by atoms with van der Waals surface area (Å²) in [6, 6.07) is 15.6. The predicted molar refractivity (Wildman–Crippen MR) is 119 cm³/mol. The van der Waals surface area contributed by atoms with E-state index in [1.54, 1.807) is 12.1 Å². The van der Waals surface area contributed by atoms with E-state index in [9.17, 15) is 22.8 Å². The second kappa shape index (κ2) is 8.98. The monoisotopic (exact) mass is 508 g/mol. The molecule has 170 valence electrons. The van der Waals surface area contributed by atoms with E-state index in [0.29, 0.717) is 18.5 Å². The van der Waals surface area contributed by atoms with Gasteiger partial charge in [-0.25, -0.2) is 0 Å². The molecule has 32 heavy (non-hydrogen) atoms. The molecule has 0 atom stereocenters. The third kappa shape index (κ3) is 4.76. The fourth-order valence-electron chi connectivity index (χ4n) is 4.72. The minimum absolute atomic E-state index is 0.176. The number of likely N-dealkylation sites (tertiary alicyclic amines) is 1. The van der Waals surface area contributed by atoms with Crippen LogP contribution in [0.15, 0.2) is 53.0 Å². The first-order valence-corrected chi connectivity index (χ1v) is 11.4. The molecule has 0 radical (unpaired) electrons. The van der Waals surface area contributed by atoms with Gasteiger partial charge in [0.25, 0.3) is 0 Å². The summed E-state index contributed by atoms with van der Waals surface area (Å²) in [5, 5.41) is 0. The number of halogens is 4. The van der Waals surface area contributed by atoms with Crippen LogP contribution in [0.4, 0.5) is 18.9 Å². The average molecular weight is 509 g/mol. The van der Waals surface area contributed by atoms with Gasteiger partial charge in [-0.05, 0) is 55.3 Å². The zero-order chi connectivity index (χ0) is 22.9. The minimum atomic E-state index is -4.39. The number of rotatable bonds is 6. The summed E-state index contributed by atoms with van der Waals surface area (Å²) in [4.78, 5) is 29.6. The number of hydrogen-bond donors (Lipinski definition) is 0. The normalized spacial score (nSPS) is 18.2. The highest BCUT2D eigenvalue weighted by atomic mass is 79.9. The third-order valence-electron chi connectivity index (χ3n) is 6.40. The summed E-state index contributed by atoms with van der Waals surface area (Å²) in [7, 11) is 0. The molecule has 2 aromatic carbocycles. The van der Waals surface area contributed by atoms with Gasteiger partial charge in [-0.15, -0.1) is 0 Å². The molecule has 2 aromatic rings. The van der Waals surface area contributed by atoms with Crippen LogP contribution in [0, 0.1) is 0 Å². The van der Waals surface area contributed by atoms with E-state index in [4.69, 9.17) is 0 Å². The summed E-state index contributed by atoms with van der Waals surface area (Å²) >= 11 is 3.48. The molecule has 2 aliphatic heterocycles. The van der Waals surface area contributed by atoms with Gasteiger partial charge < -0.3 is 4.90 Å². The van der Waals surface area contributed by atoms with Crippen LogP contribution in [0.3, 0.4) is 0 Å². The maximum atomic E-state index is 13.6. The number of carbonyl (C=O) groups excluding carboxylic acids is 2. The number of Topliss-reactive ketones (excluding diaryl/α,β-unsaturated/α-hetero) is 1. The summed E-state index contributed by atoms with van der Waals surface area (Å²) in [6.45, 7) is 1.93. The quantitative estimate of drug-likeness (QED) is 0.535. The number of carbonyl (C=O) groups is 2. The molecular formula is C24H24BrF3N2O2. The molecule has 0 aromatic heterocycles. The first kappa shape index (κ1) is 23.0. The van der Waals surface area contributed by atoms with Crippen molar-refractivity contribution in [2.75, 3.05) is 24.5 Å². The number of fused-ring (bicyclic) bond motifs is 2. The van der Waals surface area contributed by atoms with E-state index in [1.165, 1.54) is 10.5 Å². The lowest BCUT2D eigenvalue weighted by Gasteiger charge is -2.38. The SMILES string of the molecule is O=C(CCC(F)(F)F)CN1C(=O)C2(CCN(Cc3ccccc3)CC2)c2cc(Br)ccc21. The van der Waals surface area contributed by atoms with Crippen LogP contribution >= 0.6 is 15.9 Å². The number of alkyl halides is 3. The molecule has 4 nitrogen and oxygen atoms in total. The Hall–Kier alpha value is -2.19. The maximum Gasteiger partial charge on any atom is 0.389 e. The minimum Gasteiger partial charge on any atom is -0.304 e. The van der Waals surface area contributed by atoms with Gasteiger partial charge >= 0.3 is 6.18 Å². The van der Waals surface area contributed by atoms with Crippen molar-refractivity contribution in [1.29, 1.82) is 0 Å². The van der Waals surface area contributed by atoms with Crippen LogP contribution in [0.5, 0.6) is 0 Å². The Labute approximate surface area is 193 Å². The zero-order valence-corrected chi connectivity index (χ0v) is 19.1. The Kier molecular flexibility index (Phi) is 6.45. The van der Waals surface area contributed by atoms with Crippen molar-refractivity contribution in [3.05, 3.63) is 64.1 Å². The van der Waals surface area contributed by atoms with Gasteiger partial charge in [0.1, 0.15) is 0 Å². The summed E-state index contributed by atoms with van der Waals surface area (Å²) in [5.74, 6) is -0.756. The van der Waals surface area contributed by atoms with Gasteiger partial charge in [-0.2, -0.15) is 13.2 Å².